The molecule has 3 aromatic heterocycles. The fourth-order valence-corrected chi connectivity index (χ4v) is 3.11. The number of pyridine rings is 1. The first-order valence-corrected chi connectivity index (χ1v) is 8.81. The minimum absolute atomic E-state index is 0.536. The van der Waals surface area contributed by atoms with Crippen molar-refractivity contribution in [1.82, 2.24) is 14.6 Å². The van der Waals surface area contributed by atoms with Crippen molar-refractivity contribution in [2.75, 3.05) is 6.61 Å². The van der Waals surface area contributed by atoms with E-state index in [0.717, 1.165) is 41.3 Å². The minimum Gasteiger partial charge on any atom is -0.375 e. The Kier molecular flexibility index (Phi) is 4.25. The molecule has 1 aliphatic rings. The SMILES string of the molecule is CCc1ccc2c(-c3cncc(Cl)c3)cc(COCC3CC3)nn12. The molecule has 0 N–H and O–H groups in total. The number of hydrogen-bond acceptors (Lipinski definition) is 3. The summed E-state index contributed by atoms with van der Waals surface area (Å²) in [6.45, 7) is 3.51. The van der Waals surface area contributed by atoms with Crippen LogP contribution in [0.5, 0.6) is 0 Å². The number of fused-ring (bicyclic) bond motifs is 1. The van der Waals surface area contributed by atoms with Gasteiger partial charge < -0.3 is 4.74 Å². The summed E-state index contributed by atoms with van der Waals surface area (Å²) in [6.07, 6.45) is 7.02. The lowest BCUT2D eigenvalue weighted by Crippen LogP contribution is -2.05. The highest BCUT2D eigenvalue weighted by Crippen LogP contribution is 2.30. The third kappa shape index (κ3) is 3.17. The molecular weight excluding hydrogens is 322 g/mol. The molecule has 0 aliphatic heterocycles. The summed E-state index contributed by atoms with van der Waals surface area (Å²) in [5, 5.41) is 5.41. The lowest BCUT2D eigenvalue weighted by Gasteiger charge is -2.10. The molecule has 0 radical (unpaired) electrons. The maximum atomic E-state index is 6.13. The monoisotopic (exact) mass is 341 g/mol. The van der Waals surface area contributed by atoms with E-state index in [1.54, 1.807) is 6.20 Å². The van der Waals surface area contributed by atoms with E-state index in [1.807, 2.05) is 16.8 Å². The largest absolute Gasteiger partial charge is 0.375 e. The van der Waals surface area contributed by atoms with E-state index in [0.29, 0.717) is 11.6 Å². The minimum atomic E-state index is 0.536. The lowest BCUT2D eigenvalue weighted by atomic mass is 10.1. The molecule has 24 heavy (non-hydrogen) atoms. The van der Waals surface area contributed by atoms with Crippen LogP contribution in [0.3, 0.4) is 0 Å². The molecule has 1 aliphatic carbocycles. The van der Waals surface area contributed by atoms with Gasteiger partial charge in [0.1, 0.15) is 0 Å². The standard InChI is InChI=1S/C19H20ClN3O/c1-2-17-5-6-19-18(14-7-15(20)10-21-9-14)8-16(22-23(17)19)12-24-11-13-3-4-13/h5-10,13H,2-4,11-12H2,1H3. The number of ether oxygens (including phenoxy) is 1. The number of halogens is 1. The maximum Gasteiger partial charge on any atom is 0.0906 e. The van der Waals surface area contributed by atoms with Gasteiger partial charge in [0.15, 0.2) is 0 Å². The molecule has 124 valence electrons. The first-order chi connectivity index (χ1) is 11.7. The van der Waals surface area contributed by atoms with Crippen LogP contribution in [0.25, 0.3) is 16.6 Å². The van der Waals surface area contributed by atoms with Gasteiger partial charge in [0.25, 0.3) is 0 Å². The van der Waals surface area contributed by atoms with Crippen molar-refractivity contribution in [3.8, 4) is 11.1 Å². The molecule has 0 amide bonds. The van der Waals surface area contributed by atoms with Crippen molar-refractivity contribution in [2.45, 2.75) is 32.8 Å². The van der Waals surface area contributed by atoms with Crippen LogP contribution in [0.1, 0.15) is 31.2 Å². The zero-order valence-corrected chi connectivity index (χ0v) is 14.5. The third-order valence-electron chi connectivity index (χ3n) is 4.43. The summed E-state index contributed by atoms with van der Waals surface area (Å²) < 4.78 is 7.86. The zero-order chi connectivity index (χ0) is 16.5. The molecule has 1 saturated carbocycles. The van der Waals surface area contributed by atoms with E-state index in [2.05, 4.69) is 30.1 Å². The normalized spacial score (nSPS) is 14.4. The van der Waals surface area contributed by atoms with E-state index < -0.39 is 0 Å². The lowest BCUT2D eigenvalue weighted by molar-refractivity contribution is 0.108. The Balaban J connectivity index is 1.75. The van der Waals surface area contributed by atoms with Crippen LogP contribution < -0.4 is 0 Å². The summed E-state index contributed by atoms with van der Waals surface area (Å²) in [5.74, 6) is 0.753. The summed E-state index contributed by atoms with van der Waals surface area (Å²) in [7, 11) is 0. The molecule has 3 aromatic rings. The zero-order valence-electron chi connectivity index (χ0n) is 13.7. The van der Waals surface area contributed by atoms with Crippen molar-refractivity contribution < 1.29 is 4.74 Å². The Bertz CT molecular complexity index is 870. The molecule has 5 heteroatoms. The van der Waals surface area contributed by atoms with Crippen LogP contribution in [0, 0.1) is 5.92 Å². The molecule has 4 rings (SSSR count). The molecule has 0 atom stereocenters. The second-order valence-electron chi connectivity index (χ2n) is 6.37. The number of aromatic nitrogens is 3. The van der Waals surface area contributed by atoms with Gasteiger partial charge in [0, 0.05) is 35.8 Å². The van der Waals surface area contributed by atoms with Crippen LogP contribution in [0.2, 0.25) is 5.02 Å². The topological polar surface area (TPSA) is 39.4 Å². The van der Waals surface area contributed by atoms with E-state index in [9.17, 15) is 0 Å². The van der Waals surface area contributed by atoms with Crippen LogP contribution in [0.15, 0.2) is 36.7 Å². The molecule has 0 unspecified atom stereocenters. The summed E-state index contributed by atoms with van der Waals surface area (Å²) in [5.41, 5.74) is 5.28. The summed E-state index contributed by atoms with van der Waals surface area (Å²) in [4.78, 5) is 4.22. The second-order valence-corrected chi connectivity index (χ2v) is 6.81. The molecule has 4 nitrogen and oxygen atoms in total. The van der Waals surface area contributed by atoms with Gasteiger partial charge in [-0.25, -0.2) is 4.52 Å². The van der Waals surface area contributed by atoms with E-state index >= 15 is 0 Å². The fraction of sp³-hybridized carbons (Fsp3) is 0.368. The van der Waals surface area contributed by atoms with Gasteiger partial charge in [-0.05, 0) is 49.4 Å². The Hall–Kier alpha value is -1.91. The van der Waals surface area contributed by atoms with Crippen molar-refractivity contribution >= 4 is 17.1 Å². The molecular formula is C19H20ClN3O. The van der Waals surface area contributed by atoms with Crippen LogP contribution in [-0.4, -0.2) is 21.2 Å². The van der Waals surface area contributed by atoms with E-state index in [-0.39, 0.29) is 0 Å². The van der Waals surface area contributed by atoms with Crippen molar-refractivity contribution in [2.24, 2.45) is 5.92 Å². The van der Waals surface area contributed by atoms with Crippen molar-refractivity contribution in [3.05, 3.63) is 53.1 Å². The van der Waals surface area contributed by atoms with Crippen LogP contribution in [-0.2, 0) is 17.8 Å². The molecule has 0 bridgehead atoms. The van der Waals surface area contributed by atoms with E-state index in [1.165, 1.54) is 18.5 Å². The summed E-state index contributed by atoms with van der Waals surface area (Å²) >= 11 is 6.13. The molecule has 0 aromatic carbocycles. The Morgan fingerprint density at radius 3 is 2.88 bits per heavy atom. The smallest absolute Gasteiger partial charge is 0.0906 e. The first-order valence-electron chi connectivity index (χ1n) is 8.44. The van der Waals surface area contributed by atoms with Crippen molar-refractivity contribution in [3.63, 3.8) is 0 Å². The van der Waals surface area contributed by atoms with Crippen molar-refractivity contribution in [1.29, 1.82) is 0 Å². The number of nitrogens with zero attached hydrogens (tertiary/aromatic N) is 3. The van der Waals surface area contributed by atoms with Gasteiger partial charge in [-0.2, -0.15) is 5.10 Å². The molecule has 1 fully saturated rings. The number of rotatable bonds is 6. The quantitative estimate of drug-likeness (QED) is 0.660. The summed E-state index contributed by atoms with van der Waals surface area (Å²) in [6, 6.07) is 8.27. The first kappa shape index (κ1) is 15.6. The van der Waals surface area contributed by atoms with E-state index in [4.69, 9.17) is 21.4 Å². The van der Waals surface area contributed by atoms with Gasteiger partial charge in [0.05, 0.1) is 22.8 Å². The Labute approximate surface area is 146 Å². The van der Waals surface area contributed by atoms with Gasteiger partial charge in [-0.15, -0.1) is 0 Å². The van der Waals surface area contributed by atoms with Gasteiger partial charge in [-0.3, -0.25) is 4.98 Å². The fourth-order valence-electron chi connectivity index (χ4n) is 2.93. The predicted octanol–water partition coefficient (Wildman–Crippen LogP) is 4.54. The highest BCUT2D eigenvalue weighted by molar-refractivity contribution is 6.30. The molecule has 0 saturated heterocycles. The van der Waals surface area contributed by atoms with Gasteiger partial charge in [0.2, 0.25) is 0 Å². The average Bonchev–Trinajstić information content (AvgIpc) is 3.32. The average molecular weight is 342 g/mol. The number of aryl methyl sites for hydroxylation is 1. The predicted molar refractivity (Wildman–Crippen MR) is 95.2 cm³/mol. The Morgan fingerprint density at radius 1 is 1.25 bits per heavy atom. The molecule has 3 heterocycles. The van der Waals surface area contributed by atoms with Crippen LogP contribution in [0.4, 0.5) is 0 Å². The maximum absolute atomic E-state index is 6.13. The molecule has 0 spiro atoms. The van der Waals surface area contributed by atoms with Gasteiger partial charge in [-0.1, -0.05) is 18.5 Å². The van der Waals surface area contributed by atoms with Crippen LogP contribution >= 0.6 is 11.6 Å². The third-order valence-corrected chi connectivity index (χ3v) is 4.63. The second kappa shape index (κ2) is 6.54. The Morgan fingerprint density at radius 2 is 2.12 bits per heavy atom. The highest BCUT2D eigenvalue weighted by atomic mass is 35.5. The number of hydrogen-bond donors (Lipinski definition) is 0. The van der Waals surface area contributed by atoms with Gasteiger partial charge >= 0.3 is 0 Å². The highest BCUT2D eigenvalue weighted by Gasteiger charge is 2.21.